The van der Waals surface area contributed by atoms with Gasteiger partial charge in [-0.25, -0.2) is 0 Å². The van der Waals surface area contributed by atoms with Gasteiger partial charge >= 0.3 is 0 Å². The molecule has 3 nitrogen and oxygen atoms in total. The largest absolute Gasteiger partial charge is 0.392 e. The van der Waals surface area contributed by atoms with Crippen molar-refractivity contribution in [3.8, 4) is 0 Å². The fourth-order valence-electron chi connectivity index (χ4n) is 3.24. The number of nitrogens with one attached hydrogen (secondary N) is 1. The molecule has 2 saturated carbocycles. The van der Waals surface area contributed by atoms with Crippen molar-refractivity contribution >= 4 is 34.9 Å². The lowest BCUT2D eigenvalue weighted by atomic mass is 9.62. The Kier molecular flexibility index (Phi) is 4.22. The van der Waals surface area contributed by atoms with Crippen LogP contribution in [0.1, 0.15) is 39.0 Å². The number of carbonyl (C=O) groups is 1. The van der Waals surface area contributed by atoms with E-state index in [-0.39, 0.29) is 5.91 Å². The molecule has 1 amide bonds. The Morgan fingerprint density at radius 1 is 1.44 bits per heavy atom. The fraction of sp³-hybridized carbons (Fsp3) is 0.846. The van der Waals surface area contributed by atoms with Gasteiger partial charge in [-0.05, 0) is 44.3 Å². The van der Waals surface area contributed by atoms with Crippen molar-refractivity contribution in [2.45, 2.75) is 50.3 Å². The molecule has 0 heterocycles. The second-order valence-electron chi connectivity index (χ2n) is 5.80. The van der Waals surface area contributed by atoms with Crippen molar-refractivity contribution in [2.75, 3.05) is 6.26 Å². The highest BCUT2D eigenvalue weighted by Crippen LogP contribution is 2.46. The number of thiocarbonyl (C=S) groups is 1. The minimum absolute atomic E-state index is 0.0693. The zero-order valence-corrected chi connectivity index (χ0v) is 12.7. The molecule has 2 atom stereocenters. The van der Waals surface area contributed by atoms with Crippen LogP contribution in [0.4, 0.5) is 0 Å². The molecule has 3 N–H and O–H groups in total. The maximum absolute atomic E-state index is 12.4. The number of rotatable bonds is 4. The Labute approximate surface area is 119 Å². The quantitative estimate of drug-likeness (QED) is 0.777. The van der Waals surface area contributed by atoms with Gasteiger partial charge in [0.1, 0.15) is 0 Å². The van der Waals surface area contributed by atoms with Crippen LogP contribution in [0.5, 0.6) is 0 Å². The highest BCUT2D eigenvalue weighted by atomic mass is 32.2. The number of hydrogen-bond donors (Lipinski definition) is 2. The second-order valence-corrected chi connectivity index (χ2v) is 7.38. The van der Waals surface area contributed by atoms with Gasteiger partial charge in [0.05, 0.1) is 10.4 Å². The molecule has 2 rings (SSSR count). The summed E-state index contributed by atoms with van der Waals surface area (Å²) in [6, 6.07) is 0.317. The fourth-order valence-corrected chi connectivity index (χ4v) is 4.29. The van der Waals surface area contributed by atoms with Crippen LogP contribution in [0.2, 0.25) is 0 Å². The summed E-state index contributed by atoms with van der Waals surface area (Å²) in [6.07, 6.45) is 7.12. The van der Waals surface area contributed by atoms with Crippen LogP contribution in [-0.2, 0) is 4.79 Å². The first-order chi connectivity index (χ1) is 8.48. The zero-order chi connectivity index (χ0) is 13.3. The van der Waals surface area contributed by atoms with Crippen LogP contribution in [0.25, 0.3) is 0 Å². The summed E-state index contributed by atoms with van der Waals surface area (Å²) in [5, 5.41) is 3.86. The predicted octanol–water partition coefficient (Wildman–Crippen LogP) is 2.09. The molecule has 0 aliphatic heterocycles. The van der Waals surface area contributed by atoms with Gasteiger partial charge in [-0.15, -0.1) is 0 Å². The smallest absolute Gasteiger partial charge is 0.233 e. The van der Waals surface area contributed by atoms with Gasteiger partial charge in [0.2, 0.25) is 5.91 Å². The molecule has 0 spiro atoms. The lowest BCUT2D eigenvalue weighted by molar-refractivity contribution is -0.133. The van der Waals surface area contributed by atoms with Crippen molar-refractivity contribution in [2.24, 2.45) is 17.1 Å². The Morgan fingerprint density at radius 3 is 2.56 bits per heavy atom. The highest BCUT2D eigenvalue weighted by molar-refractivity contribution is 7.99. The normalized spacial score (nSPS) is 39.1. The minimum atomic E-state index is -0.549. The first-order valence-electron chi connectivity index (χ1n) is 6.61. The average Bonchev–Trinajstić information content (AvgIpc) is 2.71. The van der Waals surface area contributed by atoms with Crippen molar-refractivity contribution in [1.29, 1.82) is 0 Å². The van der Waals surface area contributed by atoms with Crippen molar-refractivity contribution in [1.82, 2.24) is 5.32 Å². The lowest BCUT2D eigenvalue weighted by Crippen LogP contribution is -2.57. The summed E-state index contributed by atoms with van der Waals surface area (Å²) in [5.74, 6) is 0.625. The molecule has 0 aromatic rings. The molecule has 102 valence electrons. The van der Waals surface area contributed by atoms with E-state index in [4.69, 9.17) is 18.0 Å². The molecule has 18 heavy (non-hydrogen) atoms. The summed E-state index contributed by atoms with van der Waals surface area (Å²) in [4.78, 5) is 12.8. The van der Waals surface area contributed by atoms with Crippen molar-refractivity contribution in [3.63, 3.8) is 0 Å². The molecular formula is C13H22N2OS2. The van der Waals surface area contributed by atoms with E-state index in [1.54, 1.807) is 0 Å². The maximum Gasteiger partial charge on any atom is 0.233 e. The molecule has 0 aromatic carbocycles. The highest BCUT2D eigenvalue weighted by Gasteiger charge is 2.51. The van der Waals surface area contributed by atoms with Crippen LogP contribution in [0.3, 0.4) is 0 Å². The summed E-state index contributed by atoms with van der Waals surface area (Å²) < 4.78 is 0. The van der Waals surface area contributed by atoms with Crippen LogP contribution in [-0.4, -0.2) is 28.4 Å². The molecule has 2 fully saturated rings. The number of amides is 1. The van der Waals surface area contributed by atoms with E-state index >= 15 is 0 Å². The maximum atomic E-state index is 12.4. The number of carbonyl (C=O) groups excluding carboxylic acids is 1. The van der Waals surface area contributed by atoms with Crippen LogP contribution in [0.15, 0.2) is 0 Å². The standard InChI is InChI=1S/C13H22N2OS2/c1-8-6-13(7-8,11(14)17)12(16)15-9-3-4-10(5-9)18-2/h8-10H,3-7H2,1-2H3,(H2,14,17)(H,15,16). The van der Waals surface area contributed by atoms with Crippen LogP contribution < -0.4 is 11.1 Å². The molecule has 5 heteroatoms. The summed E-state index contributed by atoms with van der Waals surface area (Å²) in [7, 11) is 0. The zero-order valence-electron chi connectivity index (χ0n) is 11.1. The van der Waals surface area contributed by atoms with E-state index in [0.29, 0.717) is 22.2 Å². The molecule has 2 aliphatic carbocycles. The molecule has 0 saturated heterocycles. The van der Waals surface area contributed by atoms with E-state index < -0.39 is 5.41 Å². The van der Waals surface area contributed by atoms with Gasteiger partial charge in [0.15, 0.2) is 0 Å². The molecule has 0 bridgehead atoms. The number of thioether (sulfide) groups is 1. The summed E-state index contributed by atoms with van der Waals surface area (Å²) in [6.45, 7) is 2.14. The SMILES string of the molecule is CSC1CCC(NC(=O)C2(C(N)=S)CC(C)C2)C1. The van der Waals surface area contributed by atoms with E-state index in [2.05, 4.69) is 18.5 Å². The Balaban J connectivity index is 1.93. The van der Waals surface area contributed by atoms with E-state index in [1.807, 2.05) is 11.8 Å². The van der Waals surface area contributed by atoms with E-state index in [0.717, 1.165) is 25.7 Å². The van der Waals surface area contributed by atoms with Gasteiger partial charge in [0, 0.05) is 11.3 Å². The summed E-state index contributed by atoms with van der Waals surface area (Å²) in [5.41, 5.74) is 5.24. The van der Waals surface area contributed by atoms with Gasteiger partial charge in [0.25, 0.3) is 0 Å². The average molecular weight is 286 g/mol. The molecular weight excluding hydrogens is 264 g/mol. The third-order valence-corrected chi connectivity index (χ3v) is 5.84. The van der Waals surface area contributed by atoms with Crippen molar-refractivity contribution < 1.29 is 4.79 Å². The van der Waals surface area contributed by atoms with Crippen molar-refractivity contribution in [3.05, 3.63) is 0 Å². The number of nitrogens with two attached hydrogens (primary N) is 1. The lowest BCUT2D eigenvalue weighted by Gasteiger charge is -2.44. The monoisotopic (exact) mass is 286 g/mol. The third kappa shape index (κ3) is 2.52. The van der Waals surface area contributed by atoms with Gasteiger partial charge < -0.3 is 11.1 Å². The van der Waals surface area contributed by atoms with E-state index in [1.165, 1.54) is 6.42 Å². The first kappa shape index (κ1) is 14.1. The molecule has 2 unspecified atom stereocenters. The Bertz CT molecular complexity index is 353. The third-order valence-electron chi connectivity index (χ3n) is 4.35. The molecule has 2 aliphatic rings. The first-order valence-corrected chi connectivity index (χ1v) is 8.31. The predicted molar refractivity (Wildman–Crippen MR) is 80.7 cm³/mol. The Morgan fingerprint density at radius 2 is 2.11 bits per heavy atom. The van der Waals surface area contributed by atoms with Gasteiger partial charge in [-0.1, -0.05) is 19.1 Å². The molecule has 0 radical (unpaired) electrons. The Hall–Kier alpha value is -0.290. The van der Waals surface area contributed by atoms with E-state index in [9.17, 15) is 4.79 Å². The number of hydrogen-bond acceptors (Lipinski definition) is 3. The van der Waals surface area contributed by atoms with Crippen LogP contribution >= 0.6 is 24.0 Å². The molecule has 0 aromatic heterocycles. The van der Waals surface area contributed by atoms with Crippen LogP contribution in [0, 0.1) is 11.3 Å². The minimum Gasteiger partial charge on any atom is -0.392 e. The van der Waals surface area contributed by atoms with Gasteiger partial charge in [-0.3, -0.25) is 4.79 Å². The van der Waals surface area contributed by atoms with Gasteiger partial charge in [-0.2, -0.15) is 11.8 Å². The summed E-state index contributed by atoms with van der Waals surface area (Å²) >= 11 is 7.01. The topological polar surface area (TPSA) is 55.1 Å². The second kappa shape index (κ2) is 5.37.